The lowest BCUT2D eigenvalue weighted by molar-refractivity contribution is -0.387. The van der Waals surface area contributed by atoms with Crippen molar-refractivity contribution in [1.29, 1.82) is 0 Å². The standard InChI is InChI=1S/C14H11N5O3S2/c1-8-7-23-14(16-8)24-11-3-2-9(6-10(11)19(21)22)13(20)17-12-4-5-15-18-12/h2-7H,1H3,(H2,15,17,18,20). The van der Waals surface area contributed by atoms with Crippen LogP contribution in [0.3, 0.4) is 0 Å². The number of carbonyl (C=O) groups excluding carboxylic acids is 1. The smallest absolute Gasteiger partial charge is 0.284 e. The number of nitrogens with zero attached hydrogens (tertiary/aromatic N) is 3. The van der Waals surface area contributed by atoms with Gasteiger partial charge in [0.2, 0.25) is 0 Å². The third kappa shape index (κ3) is 3.60. The summed E-state index contributed by atoms with van der Waals surface area (Å²) in [6, 6.07) is 5.94. The van der Waals surface area contributed by atoms with Gasteiger partial charge in [-0.1, -0.05) is 11.8 Å². The molecule has 122 valence electrons. The predicted octanol–water partition coefficient (Wildman–Crippen LogP) is 3.49. The van der Waals surface area contributed by atoms with E-state index in [-0.39, 0.29) is 11.3 Å². The number of rotatable bonds is 5. The van der Waals surface area contributed by atoms with Crippen molar-refractivity contribution in [3.05, 3.63) is 57.2 Å². The molecule has 10 heteroatoms. The van der Waals surface area contributed by atoms with Gasteiger partial charge in [0, 0.05) is 28.8 Å². The second-order valence-electron chi connectivity index (χ2n) is 4.72. The molecule has 3 aromatic rings. The first-order chi connectivity index (χ1) is 11.5. The third-order valence-corrected chi connectivity index (χ3v) is 5.08. The minimum absolute atomic E-state index is 0.134. The molecule has 2 N–H and O–H groups in total. The Bertz CT molecular complexity index is 892. The Balaban J connectivity index is 1.86. The number of benzene rings is 1. The molecule has 0 atom stereocenters. The molecule has 0 spiro atoms. The van der Waals surface area contributed by atoms with E-state index in [1.54, 1.807) is 18.2 Å². The SMILES string of the molecule is Cc1csc(Sc2ccc(C(=O)Nc3ccn[nH]3)cc2[N+](=O)[O-])n1. The quantitative estimate of drug-likeness (QED) is 0.531. The van der Waals surface area contributed by atoms with E-state index in [0.717, 1.165) is 5.69 Å². The molecule has 0 bridgehead atoms. The van der Waals surface area contributed by atoms with Crippen LogP contribution >= 0.6 is 23.1 Å². The molecule has 0 aliphatic rings. The van der Waals surface area contributed by atoms with Gasteiger partial charge >= 0.3 is 0 Å². The van der Waals surface area contributed by atoms with E-state index in [4.69, 9.17) is 0 Å². The first-order valence-corrected chi connectivity index (χ1v) is 8.41. The van der Waals surface area contributed by atoms with E-state index >= 15 is 0 Å². The molecule has 0 aliphatic heterocycles. The second-order valence-corrected chi connectivity index (χ2v) is 6.87. The Hall–Kier alpha value is -2.72. The number of aromatic nitrogens is 3. The lowest BCUT2D eigenvalue weighted by Gasteiger charge is -2.05. The summed E-state index contributed by atoms with van der Waals surface area (Å²) in [4.78, 5) is 27.7. The molecule has 24 heavy (non-hydrogen) atoms. The van der Waals surface area contributed by atoms with Crippen LogP contribution in [0.2, 0.25) is 0 Å². The zero-order valence-electron chi connectivity index (χ0n) is 12.3. The van der Waals surface area contributed by atoms with Gasteiger partial charge in [-0.25, -0.2) is 4.98 Å². The highest BCUT2D eigenvalue weighted by Gasteiger charge is 2.19. The van der Waals surface area contributed by atoms with E-state index in [0.29, 0.717) is 15.1 Å². The Morgan fingerprint density at radius 3 is 2.88 bits per heavy atom. The number of hydrogen-bond donors (Lipinski definition) is 2. The maximum absolute atomic E-state index is 12.2. The van der Waals surface area contributed by atoms with Gasteiger partial charge in [0.25, 0.3) is 11.6 Å². The fourth-order valence-electron chi connectivity index (χ4n) is 1.88. The van der Waals surface area contributed by atoms with Crippen LogP contribution in [0.4, 0.5) is 11.5 Å². The van der Waals surface area contributed by atoms with Crippen molar-refractivity contribution < 1.29 is 9.72 Å². The van der Waals surface area contributed by atoms with Crippen molar-refractivity contribution in [2.45, 2.75) is 16.2 Å². The normalized spacial score (nSPS) is 10.5. The average Bonchev–Trinajstić information content (AvgIpc) is 3.19. The summed E-state index contributed by atoms with van der Waals surface area (Å²) in [5, 5.41) is 22.1. The first-order valence-electron chi connectivity index (χ1n) is 6.72. The molecular formula is C14H11N5O3S2. The lowest BCUT2D eigenvalue weighted by Crippen LogP contribution is -2.12. The van der Waals surface area contributed by atoms with Gasteiger partial charge < -0.3 is 5.32 Å². The Labute approximate surface area is 144 Å². The third-order valence-electron chi connectivity index (χ3n) is 2.96. The van der Waals surface area contributed by atoms with Crippen LogP contribution in [0.1, 0.15) is 16.1 Å². The number of nitro benzene ring substituents is 1. The number of nitro groups is 1. The van der Waals surface area contributed by atoms with Crippen molar-refractivity contribution in [3.8, 4) is 0 Å². The van der Waals surface area contributed by atoms with Crippen LogP contribution in [0.15, 0.2) is 45.1 Å². The van der Waals surface area contributed by atoms with E-state index < -0.39 is 10.8 Å². The van der Waals surface area contributed by atoms with Crippen molar-refractivity contribution in [3.63, 3.8) is 0 Å². The molecular weight excluding hydrogens is 350 g/mol. The topological polar surface area (TPSA) is 114 Å². The Kier molecular flexibility index (Phi) is 4.58. The number of carbonyl (C=O) groups is 1. The van der Waals surface area contributed by atoms with Gasteiger partial charge in [0.1, 0.15) is 5.82 Å². The van der Waals surface area contributed by atoms with Gasteiger partial charge in [-0.15, -0.1) is 11.3 Å². The monoisotopic (exact) mass is 361 g/mol. The molecule has 3 rings (SSSR count). The summed E-state index contributed by atoms with van der Waals surface area (Å²) in [6.45, 7) is 1.86. The van der Waals surface area contributed by atoms with Crippen molar-refractivity contribution in [2.24, 2.45) is 0 Å². The number of anilines is 1. The molecule has 8 nitrogen and oxygen atoms in total. The minimum Gasteiger partial charge on any atom is -0.307 e. The van der Waals surface area contributed by atoms with E-state index in [1.807, 2.05) is 12.3 Å². The molecule has 0 unspecified atom stereocenters. The molecule has 0 radical (unpaired) electrons. The van der Waals surface area contributed by atoms with Gasteiger partial charge in [-0.05, 0) is 19.1 Å². The molecule has 0 saturated heterocycles. The number of nitrogens with one attached hydrogen (secondary N) is 2. The van der Waals surface area contributed by atoms with Crippen LogP contribution in [0, 0.1) is 17.0 Å². The van der Waals surface area contributed by atoms with E-state index in [1.165, 1.54) is 35.4 Å². The summed E-state index contributed by atoms with van der Waals surface area (Å²) in [5.74, 6) is -0.0386. The number of aryl methyl sites for hydroxylation is 1. The largest absolute Gasteiger partial charge is 0.307 e. The van der Waals surface area contributed by atoms with Crippen LogP contribution in [0.5, 0.6) is 0 Å². The summed E-state index contributed by atoms with van der Waals surface area (Å²) >= 11 is 2.62. The number of amides is 1. The summed E-state index contributed by atoms with van der Waals surface area (Å²) < 4.78 is 0.713. The predicted molar refractivity (Wildman–Crippen MR) is 90.6 cm³/mol. The zero-order valence-corrected chi connectivity index (χ0v) is 14.0. The molecule has 1 aromatic carbocycles. The zero-order chi connectivity index (χ0) is 17.1. The number of thiazole rings is 1. The van der Waals surface area contributed by atoms with Gasteiger partial charge in [0.05, 0.1) is 16.0 Å². The van der Waals surface area contributed by atoms with Crippen LogP contribution in [-0.2, 0) is 0 Å². The second kappa shape index (κ2) is 6.81. The maximum atomic E-state index is 12.2. The van der Waals surface area contributed by atoms with Crippen molar-refractivity contribution >= 4 is 40.5 Å². The van der Waals surface area contributed by atoms with E-state index in [2.05, 4.69) is 20.5 Å². The molecule has 0 fully saturated rings. The molecule has 2 aromatic heterocycles. The average molecular weight is 361 g/mol. The van der Waals surface area contributed by atoms with Gasteiger partial charge in [-0.2, -0.15) is 5.10 Å². The lowest BCUT2D eigenvalue weighted by atomic mass is 10.2. The van der Waals surface area contributed by atoms with Crippen LogP contribution < -0.4 is 5.32 Å². The summed E-state index contributed by atoms with van der Waals surface area (Å²) in [5.41, 5.74) is 0.918. The Morgan fingerprint density at radius 2 is 2.25 bits per heavy atom. The first kappa shape index (κ1) is 16.1. The highest BCUT2D eigenvalue weighted by molar-refractivity contribution is 8.01. The highest BCUT2D eigenvalue weighted by atomic mass is 32.2. The summed E-state index contributed by atoms with van der Waals surface area (Å²) in [6.07, 6.45) is 1.49. The maximum Gasteiger partial charge on any atom is 0.284 e. The van der Waals surface area contributed by atoms with Crippen molar-refractivity contribution in [2.75, 3.05) is 5.32 Å². The summed E-state index contributed by atoms with van der Waals surface area (Å²) in [7, 11) is 0. The molecule has 1 amide bonds. The van der Waals surface area contributed by atoms with Gasteiger partial charge in [-0.3, -0.25) is 20.0 Å². The van der Waals surface area contributed by atoms with Gasteiger partial charge in [0.15, 0.2) is 4.34 Å². The fourth-order valence-corrected chi connectivity index (χ4v) is 3.76. The molecule has 0 aliphatic carbocycles. The Morgan fingerprint density at radius 1 is 1.42 bits per heavy atom. The molecule has 0 saturated carbocycles. The van der Waals surface area contributed by atoms with Crippen molar-refractivity contribution in [1.82, 2.24) is 15.2 Å². The van der Waals surface area contributed by atoms with Crippen LogP contribution in [0.25, 0.3) is 0 Å². The number of aromatic amines is 1. The highest BCUT2D eigenvalue weighted by Crippen LogP contribution is 2.36. The number of hydrogen-bond acceptors (Lipinski definition) is 7. The molecule has 2 heterocycles. The number of H-pyrrole nitrogens is 1. The van der Waals surface area contributed by atoms with Crippen LogP contribution in [-0.4, -0.2) is 26.0 Å². The minimum atomic E-state index is -0.504. The fraction of sp³-hybridized carbons (Fsp3) is 0.0714. The van der Waals surface area contributed by atoms with E-state index in [9.17, 15) is 14.9 Å².